The number of aliphatic hydroxyl groups excluding tert-OH is 2. The van der Waals surface area contributed by atoms with Crippen LogP contribution in [-0.2, 0) is 19.6 Å². The Hall–Kier alpha value is -4.59. The summed E-state index contributed by atoms with van der Waals surface area (Å²) in [5.74, 6) is -0.363. The fraction of sp³-hybridized carbons (Fsp3) is 0.490. The molecule has 3 aromatic carbocycles. The normalized spacial score (nSPS) is 23.8. The first-order valence-electron chi connectivity index (χ1n) is 22.6. The number of sulfonamides is 1. The molecule has 0 saturated heterocycles. The molecule has 1 aliphatic heterocycles. The van der Waals surface area contributed by atoms with Crippen molar-refractivity contribution in [3.05, 3.63) is 114 Å². The third-order valence-corrected chi connectivity index (χ3v) is 14.7. The highest BCUT2D eigenvalue weighted by Gasteiger charge is 2.66. The van der Waals surface area contributed by atoms with E-state index in [-0.39, 0.29) is 55.4 Å². The molecule has 0 bridgehead atoms. The molecular weight excluding hydrogens is 815 g/mol. The highest BCUT2D eigenvalue weighted by molar-refractivity contribution is 7.89. The third-order valence-electron chi connectivity index (χ3n) is 12.8. The van der Waals surface area contributed by atoms with Gasteiger partial charge in [0.1, 0.15) is 27.7 Å². The number of para-hydroxylation sites is 1. The minimum atomic E-state index is -4.28. The molecule has 2 aliphatic carbocycles. The van der Waals surface area contributed by atoms with Crippen LogP contribution in [0.3, 0.4) is 0 Å². The lowest BCUT2D eigenvalue weighted by Crippen LogP contribution is -2.70. The van der Waals surface area contributed by atoms with Crippen molar-refractivity contribution in [3.63, 3.8) is 0 Å². The molecule has 11 nitrogen and oxygen atoms in total. The van der Waals surface area contributed by atoms with E-state index in [4.69, 9.17) is 24.2 Å². The Bertz CT molecular complexity index is 2420. The van der Waals surface area contributed by atoms with Crippen LogP contribution >= 0.6 is 0 Å². The van der Waals surface area contributed by atoms with Gasteiger partial charge >= 0.3 is 0 Å². The van der Waals surface area contributed by atoms with Crippen LogP contribution in [0.15, 0.2) is 107 Å². The second kappa shape index (κ2) is 19.7. The topological polar surface area (TPSA) is 140 Å². The number of ether oxygens (including phenoxy) is 3. The van der Waals surface area contributed by atoms with Gasteiger partial charge in [0.25, 0.3) is 0 Å². The van der Waals surface area contributed by atoms with E-state index in [1.54, 1.807) is 34.8 Å². The molecule has 0 amide bonds. The van der Waals surface area contributed by atoms with E-state index >= 15 is 8.42 Å². The lowest BCUT2D eigenvalue weighted by molar-refractivity contribution is -0.251. The van der Waals surface area contributed by atoms with Crippen molar-refractivity contribution in [3.8, 4) is 17.2 Å². The average molecular weight is 880 g/mol. The number of benzene rings is 3. The summed E-state index contributed by atoms with van der Waals surface area (Å²) in [5.41, 5.74) is 4.53. The van der Waals surface area contributed by atoms with Crippen molar-refractivity contribution < 1.29 is 37.7 Å². The average Bonchev–Trinajstić information content (AvgIpc) is 3.26. The second-order valence-corrected chi connectivity index (χ2v) is 20.1. The molecule has 4 aromatic rings. The summed E-state index contributed by atoms with van der Waals surface area (Å²) in [6.45, 7) is 16.4. The Labute approximate surface area is 373 Å². The Morgan fingerprint density at radius 1 is 0.968 bits per heavy atom. The van der Waals surface area contributed by atoms with Gasteiger partial charge in [-0.1, -0.05) is 61.3 Å². The molecule has 1 saturated carbocycles. The number of fused-ring (bicyclic) bond motifs is 3. The van der Waals surface area contributed by atoms with Crippen molar-refractivity contribution in [1.82, 2.24) is 9.29 Å². The standard InChI is InChI=1S/C51H65N3O8S/c1-8-26-54(63(57,58)45-20-14-17-36-18-15-25-52-49(36)45)46-33-43(53-62-50(5,6)7)41-31-37(16-10-12-27-55)40(19-11-13-28-56)47-42-32-39(60-38-22-21-34(3)35(4)30-38)23-24-44(42)61-51(46,48(41)47)59-29-9-2/h9,14-15,17-18,20-25,30-32,37,40,46-48,55-56H,2,8,10-13,16,19,26-29,33H2,1,3-7H3/t37-,40+,46-,47+,48+,51+/m0/s1. The third kappa shape index (κ3) is 9.61. The van der Waals surface area contributed by atoms with Crippen LogP contribution in [0.1, 0.15) is 102 Å². The van der Waals surface area contributed by atoms with Crippen LogP contribution in [-0.4, -0.2) is 77.4 Å². The Kier molecular flexibility index (Phi) is 14.5. The quantitative estimate of drug-likeness (QED) is 0.0535. The number of nitrogens with zero attached hydrogens (tertiary/aromatic N) is 3. The van der Waals surface area contributed by atoms with Crippen molar-refractivity contribution in [2.24, 2.45) is 22.9 Å². The Balaban J connectivity index is 1.50. The molecule has 63 heavy (non-hydrogen) atoms. The van der Waals surface area contributed by atoms with E-state index in [0.29, 0.717) is 47.4 Å². The highest BCUT2D eigenvalue weighted by Crippen LogP contribution is 2.62. The lowest BCUT2D eigenvalue weighted by Gasteiger charge is -2.59. The van der Waals surface area contributed by atoms with Crippen LogP contribution in [0.5, 0.6) is 17.2 Å². The number of aryl methyl sites for hydroxylation is 2. The number of pyridine rings is 1. The number of oxime groups is 1. The van der Waals surface area contributed by atoms with E-state index in [0.717, 1.165) is 48.1 Å². The van der Waals surface area contributed by atoms with Gasteiger partial charge in [-0.15, -0.1) is 6.58 Å². The summed E-state index contributed by atoms with van der Waals surface area (Å²) in [7, 11) is -4.28. The van der Waals surface area contributed by atoms with Crippen molar-refractivity contribution in [1.29, 1.82) is 0 Å². The van der Waals surface area contributed by atoms with E-state index in [1.165, 1.54) is 5.56 Å². The summed E-state index contributed by atoms with van der Waals surface area (Å²) in [4.78, 5) is 11.0. The number of unbranched alkanes of at least 4 members (excludes halogenated alkanes) is 2. The molecular formula is C51H65N3O8S. The molecule has 0 unspecified atom stereocenters. The van der Waals surface area contributed by atoms with Crippen LogP contribution in [0, 0.1) is 31.6 Å². The predicted molar refractivity (Wildman–Crippen MR) is 248 cm³/mol. The first-order chi connectivity index (χ1) is 30.3. The minimum Gasteiger partial charge on any atom is -0.460 e. The van der Waals surface area contributed by atoms with Gasteiger partial charge in [-0.05, 0) is 138 Å². The van der Waals surface area contributed by atoms with Gasteiger partial charge in [-0.25, -0.2) is 8.42 Å². The molecule has 6 atom stereocenters. The summed E-state index contributed by atoms with van der Waals surface area (Å²) in [6, 6.07) is 20.0. The van der Waals surface area contributed by atoms with Crippen molar-refractivity contribution in [2.45, 2.75) is 121 Å². The van der Waals surface area contributed by atoms with Gasteiger partial charge in [0.05, 0.1) is 29.8 Å². The molecule has 0 radical (unpaired) electrons. The largest absolute Gasteiger partial charge is 0.460 e. The zero-order valence-corrected chi connectivity index (χ0v) is 38.6. The van der Waals surface area contributed by atoms with Gasteiger partial charge in [-0.3, -0.25) is 4.98 Å². The van der Waals surface area contributed by atoms with E-state index < -0.39 is 33.4 Å². The van der Waals surface area contributed by atoms with Gasteiger partial charge in [0.15, 0.2) is 0 Å². The number of rotatable bonds is 19. The van der Waals surface area contributed by atoms with E-state index in [1.807, 2.05) is 64.1 Å². The molecule has 1 fully saturated rings. The van der Waals surface area contributed by atoms with Crippen LogP contribution < -0.4 is 9.47 Å². The summed E-state index contributed by atoms with van der Waals surface area (Å²) >= 11 is 0. The SMILES string of the molecule is C=CCO[C@@]12Oc3ccc(Oc4ccc(C)c(C)c4)cc3[C@H]3[C@H](CCCCO)[C@@H](CCCCO)C=C(C(=NOC(C)(C)C)C[C@@H]1N(CCC)S(=O)(=O)c1cccc4cccnc14)[C@H]32. The molecule has 0 spiro atoms. The predicted octanol–water partition coefficient (Wildman–Crippen LogP) is 10.2. The maximum Gasteiger partial charge on any atom is 0.245 e. The summed E-state index contributed by atoms with van der Waals surface area (Å²) in [6.07, 6.45) is 10.8. The van der Waals surface area contributed by atoms with Crippen LogP contribution in [0.4, 0.5) is 0 Å². The number of aliphatic hydroxyl groups is 2. The molecule has 2 N–H and O–H groups in total. The summed E-state index contributed by atoms with van der Waals surface area (Å²) in [5, 5.41) is 25.6. The second-order valence-electron chi connectivity index (χ2n) is 18.3. The number of allylic oxidation sites excluding steroid dienone is 1. The smallest absolute Gasteiger partial charge is 0.245 e. The molecule has 1 aromatic heterocycles. The van der Waals surface area contributed by atoms with Crippen molar-refractivity contribution in [2.75, 3.05) is 26.4 Å². The van der Waals surface area contributed by atoms with Crippen molar-refractivity contribution >= 4 is 26.6 Å². The first kappa shape index (κ1) is 46.4. The fourth-order valence-corrected chi connectivity index (χ4v) is 11.8. The fourth-order valence-electron chi connectivity index (χ4n) is 9.87. The Morgan fingerprint density at radius 3 is 2.41 bits per heavy atom. The van der Waals surface area contributed by atoms with Crippen LogP contribution in [0.25, 0.3) is 10.9 Å². The summed E-state index contributed by atoms with van der Waals surface area (Å²) < 4.78 is 53.8. The number of hydrogen-bond acceptors (Lipinski definition) is 10. The Morgan fingerprint density at radius 2 is 1.70 bits per heavy atom. The first-order valence-corrected chi connectivity index (χ1v) is 24.1. The van der Waals surface area contributed by atoms with Gasteiger partial charge in [0.2, 0.25) is 15.8 Å². The van der Waals surface area contributed by atoms with Gasteiger partial charge in [-0.2, -0.15) is 4.31 Å². The maximum absolute atomic E-state index is 15.6. The maximum atomic E-state index is 15.6. The monoisotopic (exact) mass is 879 g/mol. The zero-order chi connectivity index (χ0) is 44.9. The van der Waals surface area contributed by atoms with E-state index in [2.05, 4.69) is 43.6 Å². The van der Waals surface area contributed by atoms with E-state index in [9.17, 15) is 10.2 Å². The molecule has 338 valence electrons. The highest BCUT2D eigenvalue weighted by atomic mass is 32.2. The van der Waals surface area contributed by atoms with Gasteiger partial charge < -0.3 is 29.3 Å². The van der Waals surface area contributed by atoms with Gasteiger partial charge in [0, 0.05) is 49.2 Å². The van der Waals surface area contributed by atoms with Crippen LogP contribution in [0.2, 0.25) is 0 Å². The molecule has 2 heterocycles. The lowest BCUT2D eigenvalue weighted by atomic mass is 9.55. The molecule has 7 rings (SSSR count). The number of hydrogen-bond donors (Lipinski definition) is 2. The molecule has 12 heteroatoms. The molecule has 3 aliphatic rings. The number of aromatic nitrogens is 1. The minimum absolute atomic E-state index is 0.0113. The zero-order valence-electron chi connectivity index (χ0n) is 37.8.